The molecule has 1 aliphatic heterocycles. The summed E-state index contributed by atoms with van der Waals surface area (Å²) in [7, 11) is 3.86. The fourth-order valence-electron chi connectivity index (χ4n) is 2.83. The van der Waals surface area contributed by atoms with Crippen LogP contribution in [-0.4, -0.2) is 59.4 Å². The number of anilines is 1. The first-order chi connectivity index (χ1) is 12.0. The number of aromatic amines is 1. The van der Waals surface area contributed by atoms with Crippen LogP contribution < -0.4 is 15.0 Å². The normalized spacial score (nSPS) is 16.8. The zero-order valence-corrected chi connectivity index (χ0v) is 14.8. The molecule has 3 rings (SSSR count). The Morgan fingerprint density at radius 2 is 2.36 bits per heavy atom. The van der Waals surface area contributed by atoms with Crippen molar-refractivity contribution in [3.05, 3.63) is 35.8 Å². The highest BCUT2D eigenvalue weighted by Crippen LogP contribution is 2.26. The molecular formula is C17H24N6O2. The number of hydrogen-bond acceptors (Lipinski definition) is 5. The molecule has 0 aliphatic carbocycles. The fraction of sp³-hybridized carbons (Fsp3) is 0.471. The Kier molecular flexibility index (Phi) is 5.06. The van der Waals surface area contributed by atoms with E-state index >= 15 is 0 Å². The first-order valence-corrected chi connectivity index (χ1v) is 8.35. The fourth-order valence-corrected chi connectivity index (χ4v) is 2.83. The van der Waals surface area contributed by atoms with E-state index in [1.54, 1.807) is 17.3 Å². The first-order valence-electron chi connectivity index (χ1n) is 8.35. The lowest BCUT2D eigenvalue weighted by atomic mass is 10.3. The van der Waals surface area contributed by atoms with Crippen molar-refractivity contribution < 1.29 is 9.53 Å². The number of carbonyl (C=O) groups is 1. The van der Waals surface area contributed by atoms with Crippen LogP contribution in [0.15, 0.2) is 24.5 Å². The van der Waals surface area contributed by atoms with Gasteiger partial charge >= 0.3 is 6.03 Å². The predicted octanol–water partition coefficient (Wildman–Crippen LogP) is 1.54. The molecule has 8 heteroatoms. The molecule has 0 saturated carbocycles. The van der Waals surface area contributed by atoms with Crippen molar-refractivity contribution >= 4 is 11.8 Å². The summed E-state index contributed by atoms with van der Waals surface area (Å²) in [5.74, 6) is 1.54. The number of hydrogen-bond donors (Lipinski definition) is 2. The van der Waals surface area contributed by atoms with Gasteiger partial charge in [-0.05, 0) is 19.1 Å². The monoisotopic (exact) mass is 344 g/mol. The maximum Gasteiger partial charge on any atom is 0.317 e. The number of pyridine rings is 1. The van der Waals surface area contributed by atoms with E-state index in [0.717, 1.165) is 29.2 Å². The van der Waals surface area contributed by atoms with Crippen molar-refractivity contribution in [3.63, 3.8) is 0 Å². The van der Waals surface area contributed by atoms with Crippen LogP contribution in [0, 0.1) is 6.92 Å². The molecule has 1 atom stereocenters. The second kappa shape index (κ2) is 7.42. The standard InChI is InChI=1S/C17H24N6O2/c1-12-13(10-20-21-12)9-19-17(24)23-8-6-14(11-23)25-15-5-4-7-18-16(15)22(2)3/h4-5,7,10,14H,6,8-9,11H2,1-3H3,(H,19,24)(H,20,21)/t14-/m1/s1. The minimum Gasteiger partial charge on any atom is -0.485 e. The van der Waals surface area contributed by atoms with Crippen molar-refractivity contribution in [2.45, 2.75) is 26.0 Å². The molecule has 0 radical (unpaired) electrons. The maximum absolute atomic E-state index is 12.3. The third kappa shape index (κ3) is 4.01. The number of nitrogens with one attached hydrogen (secondary N) is 2. The number of rotatable bonds is 5. The van der Waals surface area contributed by atoms with E-state index in [9.17, 15) is 4.79 Å². The van der Waals surface area contributed by atoms with Gasteiger partial charge in [0.15, 0.2) is 11.6 Å². The Balaban J connectivity index is 1.53. The van der Waals surface area contributed by atoms with E-state index in [1.165, 1.54) is 0 Å². The molecule has 2 aromatic heterocycles. The molecule has 0 aromatic carbocycles. The molecule has 2 amide bonds. The minimum absolute atomic E-state index is 0.0238. The Morgan fingerprint density at radius 3 is 3.08 bits per heavy atom. The molecule has 0 unspecified atom stereocenters. The average molecular weight is 344 g/mol. The second-order valence-corrected chi connectivity index (χ2v) is 6.37. The molecule has 1 fully saturated rings. The van der Waals surface area contributed by atoms with Crippen LogP contribution in [0.4, 0.5) is 10.6 Å². The van der Waals surface area contributed by atoms with Crippen LogP contribution in [0.2, 0.25) is 0 Å². The van der Waals surface area contributed by atoms with Crippen LogP contribution in [0.3, 0.4) is 0 Å². The third-order valence-electron chi connectivity index (χ3n) is 4.26. The summed E-state index contributed by atoms with van der Waals surface area (Å²) in [4.78, 5) is 20.4. The summed E-state index contributed by atoms with van der Waals surface area (Å²) in [6.07, 6.45) is 4.26. The zero-order valence-electron chi connectivity index (χ0n) is 14.8. The van der Waals surface area contributed by atoms with Gasteiger partial charge in [0, 0.05) is 51.1 Å². The van der Waals surface area contributed by atoms with Crippen LogP contribution >= 0.6 is 0 Å². The van der Waals surface area contributed by atoms with Crippen molar-refractivity contribution in [1.29, 1.82) is 0 Å². The van der Waals surface area contributed by atoms with E-state index < -0.39 is 0 Å². The lowest BCUT2D eigenvalue weighted by molar-refractivity contribution is 0.186. The van der Waals surface area contributed by atoms with Crippen LogP contribution in [0.1, 0.15) is 17.7 Å². The van der Waals surface area contributed by atoms with Crippen LogP contribution in [0.25, 0.3) is 0 Å². The molecule has 8 nitrogen and oxygen atoms in total. The highest BCUT2D eigenvalue weighted by atomic mass is 16.5. The molecule has 1 saturated heterocycles. The number of ether oxygens (including phenoxy) is 1. The highest BCUT2D eigenvalue weighted by molar-refractivity contribution is 5.74. The Hall–Kier alpha value is -2.77. The Labute approximate surface area is 147 Å². The van der Waals surface area contributed by atoms with E-state index in [-0.39, 0.29) is 12.1 Å². The minimum atomic E-state index is -0.0780. The van der Waals surface area contributed by atoms with Gasteiger partial charge in [0.05, 0.1) is 12.7 Å². The zero-order chi connectivity index (χ0) is 17.8. The Morgan fingerprint density at radius 1 is 1.52 bits per heavy atom. The largest absolute Gasteiger partial charge is 0.485 e. The number of aromatic nitrogens is 3. The number of likely N-dealkylation sites (tertiary alicyclic amines) is 1. The number of nitrogens with zero attached hydrogens (tertiary/aromatic N) is 4. The van der Waals surface area contributed by atoms with E-state index in [0.29, 0.717) is 19.6 Å². The van der Waals surface area contributed by atoms with Gasteiger partial charge in [-0.15, -0.1) is 0 Å². The first kappa shape index (κ1) is 17.1. The van der Waals surface area contributed by atoms with Gasteiger partial charge in [0.1, 0.15) is 6.10 Å². The van der Waals surface area contributed by atoms with Crippen molar-refractivity contribution in [3.8, 4) is 5.75 Å². The molecule has 2 N–H and O–H groups in total. The highest BCUT2D eigenvalue weighted by Gasteiger charge is 2.28. The molecular weight excluding hydrogens is 320 g/mol. The van der Waals surface area contributed by atoms with Gasteiger partial charge in [-0.2, -0.15) is 5.10 Å². The maximum atomic E-state index is 12.3. The van der Waals surface area contributed by atoms with Crippen molar-refractivity contribution in [2.24, 2.45) is 0 Å². The number of amides is 2. The smallest absolute Gasteiger partial charge is 0.317 e. The molecule has 3 heterocycles. The summed E-state index contributed by atoms with van der Waals surface area (Å²) in [5.41, 5.74) is 1.96. The number of aryl methyl sites for hydroxylation is 1. The number of H-pyrrole nitrogens is 1. The van der Waals surface area contributed by atoms with E-state index in [2.05, 4.69) is 20.5 Å². The van der Waals surface area contributed by atoms with Gasteiger partial charge in [-0.25, -0.2) is 9.78 Å². The number of carbonyl (C=O) groups excluding carboxylic acids is 1. The second-order valence-electron chi connectivity index (χ2n) is 6.37. The van der Waals surface area contributed by atoms with Gasteiger partial charge in [-0.1, -0.05) is 0 Å². The van der Waals surface area contributed by atoms with Crippen LogP contribution in [-0.2, 0) is 6.54 Å². The topological polar surface area (TPSA) is 86.4 Å². The van der Waals surface area contributed by atoms with Gasteiger partial charge in [0.25, 0.3) is 0 Å². The lowest BCUT2D eigenvalue weighted by Gasteiger charge is -2.20. The van der Waals surface area contributed by atoms with E-state index in [1.807, 2.05) is 38.1 Å². The quantitative estimate of drug-likeness (QED) is 0.859. The van der Waals surface area contributed by atoms with E-state index in [4.69, 9.17) is 4.74 Å². The van der Waals surface area contributed by atoms with Crippen molar-refractivity contribution in [1.82, 2.24) is 25.4 Å². The van der Waals surface area contributed by atoms with Crippen LogP contribution in [0.5, 0.6) is 5.75 Å². The summed E-state index contributed by atoms with van der Waals surface area (Å²) < 4.78 is 6.08. The molecule has 0 bridgehead atoms. The van der Waals surface area contributed by atoms with Gasteiger partial charge < -0.3 is 19.9 Å². The van der Waals surface area contributed by atoms with Crippen molar-refractivity contribution in [2.75, 3.05) is 32.1 Å². The molecule has 25 heavy (non-hydrogen) atoms. The third-order valence-corrected chi connectivity index (χ3v) is 4.26. The Bertz CT molecular complexity index is 729. The molecule has 1 aliphatic rings. The number of urea groups is 1. The molecule has 134 valence electrons. The average Bonchev–Trinajstić information content (AvgIpc) is 3.22. The van der Waals surface area contributed by atoms with Gasteiger partial charge in [0.2, 0.25) is 0 Å². The SMILES string of the molecule is Cc1[nH]ncc1CNC(=O)N1CC[C@@H](Oc2cccnc2N(C)C)C1. The summed E-state index contributed by atoms with van der Waals surface area (Å²) in [6, 6.07) is 3.69. The summed E-state index contributed by atoms with van der Waals surface area (Å²) in [5, 5.41) is 9.76. The summed E-state index contributed by atoms with van der Waals surface area (Å²) >= 11 is 0. The predicted molar refractivity (Wildman–Crippen MR) is 94.7 cm³/mol. The molecule has 2 aromatic rings. The summed E-state index contributed by atoms with van der Waals surface area (Å²) in [6.45, 7) is 3.65. The molecule has 0 spiro atoms. The lowest BCUT2D eigenvalue weighted by Crippen LogP contribution is -2.39. The van der Waals surface area contributed by atoms with Gasteiger partial charge in [-0.3, -0.25) is 5.10 Å².